The molecule has 2 unspecified atom stereocenters. The molecule has 3 aliphatic heterocycles. The Kier molecular flexibility index (Phi) is 7.92. The number of rotatable bonds is 10. The van der Waals surface area contributed by atoms with E-state index < -0.39 is 35.1 Å². The summed E-state index contributed by atoms with van der Waals surface area (Å²) in [5.74, 6) is -2.07. The number of ether oxygens (including phenoxy) is 1. The van der Waals surface area contributed by atoms with Gasteiger partial charge in [0.1, 0.15) is 11.6 Å². The smallest absolute Gasteiger partial charge is 0.248 e. The predicted octanol–water partition coefficient (Wildman–Crippen LogP) is 2.76. The molecular weight excluding hydrogens is 470 g/mol. The number of likely N-dealkylation sites (tertiary alicyclic amines) is 1. The number of aliphatic hydroxyl groups is 1. The van der Waals surface area contributed by atoms with Crippen molar-refractivity contribution in [3.8, 4) is 0 Å². The Balaban J connectivity index is 1.81. The minimum Gasteiger partial charge on any atom is -0.394 e. The maximum Gasteiger partial charge on any atom is 0.248 e. The molecule has 8 heteroatoms. The Morgan fingerprint density at radius 1 is 1.14 bits per heavy atom. The zero-order chi connectivity index (χ0) is 27.1. The molecule has 1 aliphatic carbocycles. The number of fused-ring (bicyclic) bond motifs is 1. The zero-order valence-corrected chi connectivity index (χ0v) is 23.0. The number of amides is 3. The second-order valence-corrected chi connectivity index (χ2v) is 12.0. The molecule has 3 saturated heterocycles. The van der Waals surface area contributed by atoms with Gasteiger partial charge < -0.3 is 24.5 Å². The van der Waals surface area contributed by atoms with E-state index in [-0.39, 0.29) is 36.3 Å². The Labute approximate surface area is 221 Å². The number of likely N-dealkylation sites (N-methyl/N-ethyl adjacent to an activating group) is 1. The minimum absolute atomic E-state index is 0.0765. The Morgan fingerprint density at radius 2 is 1.78 bits per heavy atom. The topological polar surface area (TPSA) is 90.4 Å². The van der Waals surface area contributed by atoms with Crippen LogP contribution in [0, 0.1) is 17.8 Å². The van der Waals surface area contributed by atoms with E-state index >= 15 is 0 Å². The molecule has 206 valence electrons. The van der Waals surface area contributed by atoms with E-state index in [9.17, 15) is 19.5 Å². The lowest BCUT2D eigenvalue weighted by molar-refractivity contribution is -0.158. The molecule has 37 heavy (non-hydrogen) atoms. The molecule has 0 aromatic heterocycles. The maximum absolute atomic E-state index is 14.6. The van der Waals surface area contributed by atoms with Crippen molar-refractivity contribution in [2.75, 3.05) is 26.7 Å². The summed E-state index contributed by atoms with van der Waals surface area (Å²) in [7, 11) is 1.71. The van der Waals surface area contributed by atoms with Crippen LogP contribution < -0.4 is 0 Å². The van der Waals surface area contributed by atoms with Gasteiger partial charge in [0.2, 0.25) is 17.7 Å². The molecule has 1 saturated carbocycles. The monoisotopic (exact) mass is 515 g/mol. The van der Waals surface area contributed by atoms with Crippen molar-refractivity contribution in [3.05, 3.63) is 25.3 Å². The highest BCUT2D eigenvalue weighted by atomic mass is 16.5. The van der Waals surface area contributed by atoms with Crippen molar-refractivity contribution in [1.29, 1.82) is 0 Å². The lowest BCUT2D eigenvalue weighted by Gasteiger charge is -2.43. The molecule has 4 aliphatic rings. The van der Waals surface area contributed by atoms with E-state index in [0.29, 0.717) is 25.9 Å². The van der Waals surface area contributed by atoms with Gasteiger partial charge in [0.05, 0.1) is 30.1 Å². The summed E-state index contributed by atoms with van der Waals surface area (Å²) in [5.41, 5.74) is -1.91. The molecule has 0 aromatic carbocycles. The Morgan fingerprint density at radius 3 is 2.35 bits per heavy atom. The van der Waals surface area contributed by atoms with Gasteiger partial charge in [0.25, 0.3) is 0 Å². The van der Waals surface area contributed by atoms with Gasteiger partial charge in [-0.3, -0.25) is 14.4 Å². The lowest BCUT2D eigenvalue weighted by atomic mass is 9.66. The van der Waals surface area contributed by atoms with Gasteiger partial charge in [-0.25, -0.2) is 0 Å². The van der Waals surface area contributed by atoms with Gasteiger partial charge in [-0.2, -0.15) is 0 Å². The summed E-state index contributed by atoms with van der Waals surface area (Å²) in [6.45, 7) is 14.0. The first-order valence-corrected chi connectivity index (χ1v) is 14.0. The summed E-state index contributed by atoms with van der Waals surface area (Å²) in [5, 5.41) is 10.4. The van der Waals surface area contributed by atoms with Crippen molar-refractivity contribution >= 4 is 17.7 Å². The fourth-order valence-corrected chi connectivity index (χ4v) is 7.63. The molecule has 4 fully saturated rings. The maximum atomic E-state index is 14.6. The van der Waals surface area contributed by atoms with E-state index in [4.69, 9.17) is 4.74 Å². The SMILES string of the molecule is C=CCN(C)C(=O)[C@@H]1[C@H]2C(=O)N([C@@H](CO)C(C)C)C(C(=O)N(CC=C)C3CCCCC3)C23CC[C@@]1(C)O3. The molecule has 0 aromatic rings. The van der Waals surface area contributed by atoms with Crippen LogP contribution in [0.4, 0.5) is 0 Å². The zero-order valence-electron chi connectivity index (χ0n) is 23.0. The van der Waals surface area contributed by atoms with Gasteiger partial charge in [-0.15, -0.1) is 13.2 Å². The highest BCUT2D eigenvalue weighted by Crippen LogP contribution is 2.64. The second-order valence-electron chi connectivity index (χ2n) is 12.0. The molecule has 8 nitrogen and oxygen atoms in total. The van der Waals surface area contributed by atoms with Gasteiger partial charge in [-0.1, -0.05) is 45.3 Å². The third-order valence-corrected chi connectivity index (χ3v) is 9.43. The average molecular weight is 516 g/mol. The molecule has 3 amide bonds. The molecule has 1 spiro atoms. The van der Waals surface area contributed by atoms with E-state index in [1.165, 1.54) is 0 Å². The number of hydrogen-bond donors (Lipinski definition) is 1. The standard InChI is InChI=1S/C29H45N3O5/c1-7-16-30(6)25(34)22-23-26(35)32(21(18-33)19(3)4)24(29(23)15-14-28(22,5)37-29)27(36)31(17-8-2)20-12-10-9-11-13-20/h7-8,19-24,33H,1-2,9-18H2,3-6H3/t21-,22-,23-,24?,28+,29?/m0/s1. The van der Waals surface area contributed by atoms with Crippen molar-refractivity contribution in [3.63, 3.8) is 0 Å². The minimum atomic E-state index is -1.09. The van der Waals surface area contributed by atoms with E-state index in [0.717, 1.165) is 32.1 Å². The number of hydrogen-bond acceptors (Lipinski definition) is 5. The van der Waals surface area contributed by atoms with Crippen molar-refractivity contribution in [2.24, 2.45) is 17.8 Å². The van der Waals surface area contributed by atoms with E-state index in [1.54, 1.807) is 29.0 Å². The van der Waals surface area contributed by atoms with Gasteiger partial charge in [0.15, 0.2) is 0 Å². The first-order valence-electron chi connectivity index (χ1n) is 14.0. The van der Waals surface area contributed by atoms with Gasteiger partial charge in [0, 0.05) is 26.2 Å². The third-order valence-electron chi connectivity index (χ3n) is 9.43. The molecule has 1 N–H and O–H groups in total. The summed E-state index contributed by atoms with van der Waals surface area (Å²) in [4.78, 5) is 47.7. The van der Waals surface area contributed by atoms with Gasteiger partial charge >= 0.3 is 0 Å². The van der Waals surface area contributed by atoms with Gasteiger partial charge in [-0.05, 0) is 38.5 Å². The molecular formula is C29H45N3O5. The molecule has 0 radical (unpaired) electrons. The second kappa shape index (κ2) is 10.5. The van der Waals surface area contributed by atoms with Crippen LogP contribution in [-0.4, -0.2) is 93.6 Å². The number of carbonyl (C=O) groups excluding carboxylic acids is 3. The summed E-state index contributed by atoms with van der Waals surface area (Å²) in [6.07, 6.45) is 9.70. The highest BCUT2D eigenvalue weighted by Gasteiger charge is 2.79. The first kappa shape index (κ1) is 27.8. The Bertz CT molecular complexity index is 931. The Hall–Kier alpha value is -2.19. The number of carbonyl (C=O) groups is 3. The van der Waals surface area contributed by atoms with Crippen LogP contribution in [0.5, 0.6) is 0 Å². The quantitative estimate of drug-likeness (QED) is 0.452. The predicted molar refractivity (Wildman–Crippen MR) is 141 cm³/mol. The van der Waals surface area contributed by atoms with Crippen LogP contribution in [0.3, 0.4) is 0 Å². The van der Waals surface area contributed by atoms with Crippen LogP contribution >= 0.6 is 0 Å². The van der Waals surface area contributed by atoms with Crippen LogP contribution in [-0.2, 0) is 19.1 Å². The van der Waals surface area contributed by atoms with Crippen LogP contribution in [0.2, 0.25) is 0 Å². The fraction of sp³-hybridized carbons (Fsp3) is 0.759. The van der Waals surface area contributed by atoms with Crippen molar-refractivity contribution < 1.29 is 24.2 Å². The summed E-state index contributed by atoms with van der Waals surface area (Å²) in [6, 6.07) is -1.34. The lowest BCUT2D eigenvalue weighted by Crippen LogP contribution is -2.61. The van der Waals surface area contributed by atoms with E-state index in [1.807, 2.05) is 25.7 Å². The van der Waals surface area contributed by atoms with Crippen LogP contribution in [0.15, 0.2) is 25.3 Å². The molecule has 3 heterocycles. The number of aliphatic hydroxyl groups excluding tert-OH is 1. The highest BCUT2D eigenvalue weighted by molar-refractivity contribution is 5.99. The number of nitrogens with zero attached hydrogens (tertiary/aromatic N) is 3. The fourth-order valence-electron chi connectivity index (χ4n) is 7.63. The molecule has 6 atom stereocenters. The largest absolute Gasteiger partial charge is 0.394 e. The van der Waals surface area contributed by atoms with Crippen LogP contribution in [0.25, 0.3) is 0 Å². The first-order chi connectivity index (χ1) is 17.6. The molecule has 2 bridgehead atoms. The summed E-state index contributed by atoms with van der Waals surface area (Å²) < 4.78 is 6.77. The van der Waals surface area contributed by atoms with E-state index in [2.05, 4.69) is 13.2 Å². The average Bonchev–Trinajstić information content (AvgIpc) is 3.44. The van der Waals surface area contributed by atoms with Crippen molar-refractivity contribution in [2.45, 2.75) is 95.0 Å². The third kappa shape index (κ3) is 4.34. The van der Waals surface area contributed by atoms with Crippen molar-refractivity contribution in [1.82, 2.24) is 14.7 Å². The molecule has 4 rings (SSSR count). The van der Waals surface area contributed by atoms with Crippen LogP contribution in [0.1, 0.15) is 65.7 Å². The normalized spacial score (nSPS) is 33.9. The summed E-state index contributed by atoms with van der Waals surface area (Å²) >= 11 is 0.